The maximum atomic E-state index is 13.9. The van der Waals surface area contributed by atoms with Gasteiger partial charge >= 0.3 is 12.0 Å². The highest BCUT2D eigenvalue weighted by Gasteiger charge is 2.52. The van der Waals surface area contributed by atoms with E-state index in [0.717, 1.165) is 0 Å². The quantitative estimate of drug-likeness (QED) is 0.898. The number of hydrogen-bond acceptors (Lipinski definition) is 3. The first-order valence-corrected chi connectivity index (χ1v) is 5.94. The minimum Gasteiger partial charge on any atom is -0.481 e. The molecule has 0 amide bonds. The van der Waals surface area contributed by atoms with Gasteiger partial charge in [0.2, 0.25) is 0 Å². The van der Waals surface area contributed by atoms with Crippen LogP contribution < -0.4 is 9.47 Å². The van der Waals surface area contributed by atoms with Crippen LogP contribution in [0.1, 0.15) is 31.7 Å². The molecule has 4 nitrogen and oxygen atoms in total. The zero-order valence-corrected chi connectivity index (χ0v) is 9.90. The van der Waals surface area contributed by atoms with Crippen molar-refractivity contribution in [1.29, 1.82) is 0 Å². The lowest BCUT2D eigenvalue weighted by Gasteiger charge is -2.15. The van der Waals surface area contributed by atoms with E-state index in [4.69, 9.17) is 9.47 Å². The third kappa shape index (κ3) is 1.46. The number of benzene rings is 1. The number of rotatable bonds is 3. The normalized spacial score (nSPS) is 27.0. The molecular weight excluding hydrogens is 239 g/mol. The number of halogens is 1. The Balaban J connectivity index is 1.96. The van der Waals surface area contributed by atoms with Gasteiger partial charge in [-0.1, -0.05) is 13.0 Å². The van der Waals surface area contributed by atoms with Gasteiger partial charge in [0.05, 0.1) is 11.8 Å². The number of carbonyl (C=O) groups is 1. The summed E-state index contributed by atoms with van der Waals surface area (Å²) in [6.45, 7) is 1.62. The molecule has 1 aromatic rings. The first kappa shape index (κ1) is 11.3. The highest BCUT2D eigenvalue weighted by Crippen LogP contribution is 2.51. The van der Waals surface area contributed by atoms with Crippen LogP contribution in [0, 0.1) is 0 Å². The van der Waals surface area contributed by atoms with Gasteiger partial charge in [-0.3, -0.25) is 4.79 Å². The molecule has 0 spiro atoms. The summed E-state index contributed by atoms with van der Waals surface area (Å²) in [5.74, 6) is -0.239. The molecule has 1 fully saturated rings. The van der Waals surface area contributed by atoms with E-state index in [9.17, 15) is 14.3 Å². The van der Waals surface area contributed by atoms with E-state index in [1.165, 1.54) is 0 Å². The van der Waals surface area contributed by atoms with E-state index >= 15 is 0 Å². The number of hydrogen-bond donors (Lipinski definition) is 1. The molecule has 1 heterocycles. The van der Waals surface area contributed by atoms with Crippen LogP contribution in [0.4, 0.5) is 4.39 Å². The number of ether oxygens (including phenoxy) is 2. The fraction of sp³-hybridized carbons (Fsp3) is 0.462. The van der Waals surface area contributed by atoms with E-state index in [-0.39, 0.29) is 12.2 Å². The van der Waals surface area contributed by atoms with Crippen molar-refractivity contribution < 1.29 is 23.8 Å². The Kier molecular flexibility index (Phi) is 2.12. The van der Waals surface area contributed by atoms with E-state index in [0.29, 0.717) is 24.2 Å². The molecule has 96 valence electrons. The topological polar surface area (TPSA) is 55.8 Å². The summed E-state index contributed by atoms with van der Waals surface area (Å²) in [5, 5.41) is 9.21. The highest BCUT2D eigenvalue weighted by atomic mass is 19.2. The molecular formula is C13H13FO4. The molecule has 18 heavy (non-hydrogen) atoms. The molecule has 5 heteroatoms. The molecule has 0 bridgehead atoms. The standard InChI is InChI=1S/C13H13FO4/c1-2-13(14)17-9-4-3-8(7-10(9)18-13)12(5-6-12)11(15)16/h3-4,7H,2,5-6H2,1H3,(H,15,16). The summed E-state index contributed by atoms with van der Waals surface area (Å²) in [5.41, 5.74) is -0.163. The molecule has 0 aromatic heterocycles. The van der Waals surface area contributed by atoms with E-state index in [1.54, 1.807) is 25.1 Å². The predicted molar refractivity (Wildman–Crippen MR) is 60.4 cm³/mol. The second-order valence-electron chi connectivity index (χ2n) is 4.77. The van der Waals surface area contributed by atoms with E-state index < -0.39 is 17.4 Å². The average molecular weight is 252 g/mol. The van der Waals surface area contributed by atoms with Crippen molar-refractivity contribution >= 4 is 5.97 Å². The minimum atomic E-state index is -2.12. The van der Waals surface area contributed by atoms with Gasteiger partial charge in [0.15, 0.2) is 11.5 Å². The van der Waals surface area contributed by atoms with Crippen molar-refractivity contribution in [3.63, 3.8) is 0 Å². The lowest BCUT2D eigenvalue weighted by Crippen LogP contribution is -2.31. The molecule has 1 saturated carbocycles. The zero-order valence-electron chi connectivity index (χ0n) is 9.90. The van der Waals surface area contributed by atoms with Crippen LogP contribution in [0.2, 0.25) is 0 Å². The maximum absolute atomic E-state index is 13.9. The van der Waals surface area contributed by atoms with Crippen molar-refractivity contribution in [1.82, 2.24) is 0 Å². The van der Waals surface area contributed by atoms with Crippen LogP contribution in [0.5, 0.6) is 11.5 Å². The van der Waals surface area contributed by atoms with E-state index in [2.05, 4.69) is 0 Å². The maximum Gasteiger partial charge on any atom is 0.407 e. The molecule has 0 radical (unpaired) electrons. The van der Waals surface area contributed by atoms with Crippen LogP contribution in [-0.4, -0.2) is 17.1 Å². The molecule has 1 N–H and O–H groups in total. The molecule has 1 aliphatic heterocycles. The minimum absolute atomic E-state index is 0.0705. The van der Waals surface area contributed by atoms with Gasteiger partial charge in [0.25, 0.3) is 0 Å². The van der Waals surface area contributed by atoms with Gasteiger partial charge < -0.3 is 14.6 Å². The fourth-order valence-electron chi connectivity index (χ4n) is 2.21. The summed E-state index contributed by atoms with van der Waals surface area (Å²) in [4.78, 5) is 11.2. The Morgan fingerprint density at radius 3 is 2.61 bits per heavy atom. The third-order valence-electron chi connectivity index (χ3n) is 3.60. The second-order valence-corrected chi connectivity index (χ2v) is 4.77. The fourth-order valence-corrected chi connectivity index (χ4v) is 2.21. The van der Waals surface area contributed by atoms with E-state index in [1.807, 2.05) is 0 Å². The molecule has 1 aliphatic carbocycles. The first-order valence-electron chi connectivity index (χ1n) is 5.94. The van der Waals surface area contributed by atoms with Crippen LogP contribution in [0.25, 0.3) is 0 Å². The largest absolute Gasteiger partial charge is 0.481 e. The Hall–Kier alpha value is -1.78. The number of aliphatic carboxylic acids is 1. The molecule has 3 rings (SSSR count). The summed E-state index contributed by atoms with van der Waals surface area (Å²) in [7, 11) is 0. The number of carboxylic acids is 1. The Labute approximate surface area is 103 Å². The lowest BCUT2D eigenvalue weighted by atomic mass is 9.96. The molecule has 0 saturated heterocycles. The van der Waals surface area contributed by atoms with Gasteiger partial charge in [-0.05, 0) is 30.5 Å². The summed E-state index contributed by atoms with van der Waals surface area (Å²) in [6.07, 6.45) is 1.29. The molecule has 1 unspecified atom stereocenters. The van der Waals surface area contributed by atoms with Crippen LogP contribution >= 0.6 is 0 Å². The summed E-state index contributed by atoms with van der Waals surface area (Å²) >= 11 is 0. The monoisotopic (exact) mass is 252 g/mol. The van der Waals surface area contributed by atoms with Gasteiger partial charge in [-0.25, -0.2) is 0 Å². The second kappa shape index (κ2) is 3.37. The number of carboxylic acid groups (broad SMARTS) is 1. The number of fused-ring (bicyclic) bond motifs is 1. The summed E-state index contributed by atoms with van der Waals surface area (Å²) < 4.78 is 24.0. The van der Waals surface area contributed by atoms with Gasteiger partial charge in [-0.2, -0.15) is 4.39 Å². The first-order chi connectivity index (χ1) is 8.49. The van der Waals surface area contributed by atoms with Crippen LogP contribution in [0.15, 0.2) is 18.2 Å². The zero-order chi connectivity index (χ0) is 13.0. The Bertz CT molecular complexity index is 524. The van der Waals surface area contributed by atoms with Gasteiger partial charge in [-0.15, -0.1) is 0 Å². The van der Waals surface area contributed by atoms with Crippen LogP contribution in [-0.2, 0) is 10.2 Å². The SMILES string of the molecule is CCC1(F)Oc2ccc(C3(C(=O)O)CC3)cc2O1. The smallest absolute Gasteiger partial charge is 0.407 e. The summed E-state index contributed by atoms with van der Waals surface area (Å²) in [6, 6.07) is 2.70. The average Bonchev–Trinajstić information content (AvgIpc) is 3.07. The lowest BCUT2D eigenvalue weighted by molar-refractivity contribution is -0.191. The predicted octanol–water partition coefficient (Wildman–Crippen LogP) is 2.61. The van der Waals surface area contributed by atoms with Gasteiger partial charge in [0, 0.05) is 0 Å². The third-order valence-corrected chi connectivity index (χ3v) is 3.60. The van der Waals surface area contributed by atoms with Crippen molar-refractivity contribution in [3.05, 3.63) is 23.8 Å². The molecule has 2 aliphatic rings. The van der Waals surface area contributed by atoms with Gasteiger partial charge in [0.1, 0.15) is 0 Å². The molecule has 1 atom stereocenters. The van der Waals surface area contributed by atoms with Crippen molar-refractivity contribution in [2.24, 2.45) is 0 Å². The highest BCUT2D eigenvalue weighted by molar-refractivity contribution is 5.85. The Morgan fingerprint density at radius 2 is 2.06 bits per heavy atom. The molecule has 1 aromatic carbocycles. The Morgan fingerprint density at radius 1 is 1.39 bits per heavy atom. The van der Waals surface area contributed by atoms with Crippen molar-refractivity contribution in [2.75, 3.05) is 0 Å². The van der Waals surface area contributed by atoms with Crippen molar-refractivity contribution in [3.8, 4) is 11.5 Å². The number of alkyl halides is 1. The van der Waals surface area contributed by atoms with Crippen molar-refractivity contribution in [2.45, 2.75) is 37.6 Å². The van der Waals surface area contributed by atoms with Crippen LogP contribution in [0.3, 0.4) is 0 Å².